The Labute approximate surface area is 141 Å². The summed E-state index contributed by atoms with van der Waals surface area (Å²) in [5.74, 6) is 0.831. The van der Waals surface area contributed by atoms with Crippen LogP contribution in [0.2, 0.25) is 0 Å². The third-order valence-corrected chi connectivity index (χ3v) is 3.54. The highest BCUT2D eigenvalue weighted by Gasteiger charge is 2.06. The molecule has 0 amide bonds. The quantitative estimate of drug-likeness (QED) is 0.501. The van der Waals surface area contributed by atoms with Gasteiger partial charge in [-0.25, -0.2) is 0 Å². The zero-order valence-corrected chi connectivity index (χ0v) is 14.6. The van der Waals surface area contributed by atoms with Crippen LogP contribution in [0, 0.1) is 13.8 Å². The van der Waals surface area contributed by atoms with Gasteiger partial charge < -0.3 is 10.1 Å². The van der Waals surface area contributed by atoms with E-state index in [1.165, 1.54) is 0 Å². The SMILES string of the molecule is CCOc1ccc(NC(=S)N/N=C\c2c(C)nn(C)c2C)cc1. The molecule has 1 heterocycles. The van der Waals surface area contributed by atoms with Crippen LogP contribution in [0.4, 0.5) is 5.69 Å². The second-order valence-electron chi connectivity index (χ2n) is 4.99. The number of hydrogen-bond donors (Lipinski definition) is 2. The number of aromatic nitrogens is 2. The van der Waals surface area contributed by atoms with Gasteiger partial charge in [0.15, 0.2) is 5.11 Å². The lowest BCUT2D eigenvalue weighted by atomic mass is 10.2. The van der Waals surface area contributed by atoms with Crippen LogP contribution in [0.1, 0.15) is 23.9 Å². The van der Waals surface area contributed by atoms with E-state index in [0.717, 1.165) is 28.4 Å². The van der Waals surface area contributed by atoms with Crippen molar-refractivity contribution in [2.24, 2.45) is 12.1 Å². The number of hydrazone groups is 1. The van der Waals surface area contributed by atoms with Gasteiger partial charge in [0.25, 0.3) is 0 Å². The van der Waals surface area contributed by atoms with E-state index in [-0.39, 0.29) is 0 Å². The highest BCUT2D eigenvalue weighted by Crippen LogP contribution is 2.15. The van der Waals surface area contributed by atoms with Crippen molar-refractivity contribution in [3.8, 4) is 5.75 Å². The van der Waals surface area contributed by atoms with Crippen molar-refractivity contribution in [1.82, 2.24) is 15.2 Å². The van der Waals surface area contributed by atoms with Gasteiger partial charge in [-0.3, -0.25) is 10.1 Å². The lowest BCUT2D eigenvalue weighted by molar-refractivity contribution is 0.340. The molecule has 2 N–H and O–H groups in total. The molecule has 7 heteroatoms. The first-order valence-corrected chi connectivity index (χ1v) is 7.75. The van der Waals surface area contributed by atoms with Crippen molar-refractivity contribution >= 4 is 29.2 Å². The van der Waals surface area contributed by atoms with E-state index < -0.39 is 0 Å². The predicted octanol–water partition coefficient (Wildman–Crippen LogP) is 2.76. The Kier molecular flexibility index (Phi) is 5.70. The Hall–Kier alpha value is -2.41. The van der Waals surface area contributed by atoms with Crippen LogP contribution in [-0.4, -0.2) is 27.7 Å². The van der Waals surface area contributed by atoms with Gasteiger partial charge in [-0.05, 0) is 57.3 Å². The lowest BCUT2D eigenvalue weighted by Crippen LogP contribution is -2.23. The van der Waals surface area contributed by atoms with Crippen molar-refractivity contribution < 1.29 is 4.74 Å². The van der Waals surface area contributed by atoms with E-state index in [0.29, 0.717) is 11.7 Å². The molecule has 0 aliphatic rings. The van der Waals surface area contributed by atoms with Gasteiger partial charge >= 0.3 is 0 Å². The zero-order valence-electron chi connectivity index (χ0n) is 13.8. The lowest BCUT2D eigenvalue weighted by Gasteiger charge is -2.08. The maximum Gasteiger partial charge on any atom is 0.191 e. The minimum absolute atomic E-state index is 0.421. The molecule has 0 saturated heterocycles. The van der Waals surface area contributed by atoms with Crippen molar-refractivity contribution in [3.05, 3.63) is 41.2 Å². The molecule has 0 saturated carbocycles. The number of ether oxygens (including phenoxy) is 1. The van der Waals surface area contributed by atoms with Gasteiger partial charge in [0.05, 0.1) is 18.5 Å². The van der Waals surface area contributed by atoms with E-state index in [1.807, 2.05) is 56.8 Å². The van der Waals surface area contributed by atoms with E-state index in [2.05, 4.69) is 20.9 Å². The fraction of sp³-hybridized carbons (Fsp3) is 0.312. The minimum atomic E-state index is 0.421. The molecule has 0 radical (unpaired) electrons. The highest BCUT2D eigenvalue weighted by atomic mass is 32.1. The summed E-state index contributed by atoms with van der Waals surface area (Å²) in [6.07, 6.45) is 1.73. The Morgan fingerprint density at radius 3 is 2.61 bits per heavy atom. The van der Waals surface area contributed by atoms with E-state index >= 15 is 0 Å². The molecule has 0 aliphatic carbocycles. The molecule has 0 fully saturated rings. The van der Waals surface area contributed by atoms with Crippen molar-refractivity contribution in [1.29, 1.82) is 0 Å². The Morgan fingerprint density at radius 1 is 1.35 bits per heavy atom. The van der Waals surface area contributed by atoms with Gasteiger partial charge in [0, 0.05) is 24.0 Å². The van der Waals surface area contributed by atoms with Crippen molar-refractivity contribution in [2.45, 2.75) is 20.8 Å². The molecular formula is C16H21N5OS. The maximum atomic E-state index is 5.40. The summed E-state index contributed by atoms with van der Waals surface area (Å²) in [6, 6.07) is 7.58. The number of hydrogen-bond acceptors (Lipinski definition) is 4. The molecule has 0 spiro atoms. The first-order chi connectivity index (χ1) is 11.0. The average molecular weight is 331 g/mol. The molecule has 0 aliphatic heterocycles. The number of anilines is 1. The molecule has 0 unspecified atom stereocenters. The van der Waals surface area contributed by atoms with Gasteiger partial charge in [-0.15, -0.1) is 0 Å². The summed E-state index contributed by atoms with van der Waals surface area (Å²) in [6.45, 7) is 6.55. The Balaban J connectivity index is 1.90. The van der Waals surface area contributed by atoms with Crippen LogP contribution in [0.5, 0.6) is 5.75 Å². The summed E-state index contributed by atoms with van der Waals surface area (Å²) in [4.78, 5) is 0. The monoisotopic (exact) mass is 331 g/mol. The maximum absolute atomic E-state index is 5.40. The standard InChI is InChI=1S/C16H21N5OS/c1-5-22-14-8-6-13(7-9-14)18-16(23)19-17-10-15-11(2)20-21(4)12(15)3/h6-10H,5H2,1-4H3,(H2,18,19,23)/b17-10-. The second-order valence-corrected chi connectivity index (χ2v) is 5.40. The van der Waals surface area contributed by atoms with Crippen LogP contribution in [0.25, 0.3) is 0 Å². The van der Waals surface area contributed by atoms with Gasteiger partial charge in [-0.2, -0.15) is 10.2 Å². The molecule has 6 nitrogen and oxygen atoms in total. The normalized spacial score (nSPS) is 10.8. The number of aryl methyl sites for hydroxylation is 2. The third kappa shape index (κ3) is 4.53. The number of nitrogens with one attached hydrogen (secondary N) is 2. The predicted molar refractivity (Wildman–Crippen MR) is 97.2 cm³/mol. The Morgan fingerprint density at radius 2 is 2.04 bits per heavy atom. The summed E-state index contributed by atoms with van der Waals surface area (Å²) in [5.41, 5.74) is 6.65. The zero-order chi connectivity index (χ0) is 16.8. The van der Waals surface area contributed by atoms with Crippen LogP contribution < -0.4 is 15.5 Å². The minimum Gasteiger partial charge on any atom is -0.494 e. The molecule has 23 heavy (non-hydrogen) atoms. The number of thiocarbonyl (C=S) groups is 1. The molecule has 1 aromatic carbocycles. The molecule has 2 rings (SSSR count). The van der Waals surface area contributed by atoms with Crippen LogP contribution in [0.3, 0.4) is 0 Å². The van der Waals surface area contributed by atoms with Gasteiger partial charge in [0.1, 0.15) is 5.75 Å². The number of nitrogens with zero attached hydrogens (tertiary/aromatic N) is 3. The third-order valence-electron chi connectivity index (χ3n) is 3.35. The fourth-order valence-corrected chi connectivity index (χ4v) is 2.26. The first kappa shape index (κ1) is 17.0. The van der Waals surface area contributed by atoms with E-state index in [1.54, 1.807) is 6.21 Å². The Bertz CT molecular complexity index is 706. The molecule has 0 bridgehead atoms. The highest BCUT2D eigenvalue weighted by molar-refractivity contribution is 7.80. The molecule has 1 aromatic heterocycles. The first-order valence-electron chi connectivity index (χ1n) is 7.34. The van der Waals surface area contributed by atoms with Crippen LogP contribution >= 0.6 is 12.2 Å². The molecule has 2 aromatic rings. The fourth-order valence-electron chi connectivity index (χ4n) is 2.09. The van der Waals surface area contributed by atoms with Gasteiger partial charge in [-0.1, -0.05) is 0 Å². The summed E-state index contributed by atoms with van der Waals surface area (Å²) in [7, 11) is 1.91. The summed E-state index contributed by atoms with van der Waals surface area (Å²) >= 11 is 5.22. The smallest absolute Gasteiger partial charge is 0.191 e. The molecule has 0 atom stereocenters. The van der Waals surface area contributed by atoms with Crippen LogP contribution in [0.15, 0.2) is 29.4 Å². The number of benzene rings is 1. The van der Waals surface area contributed by atoms with Crippen molar-refractivity contribution in [2.75, 3.05) is 11.9 Å². The molecular weight excluding hydrogens is 310 g/mol. The van der Waals surface area contributed by atoms with Crippen molar-refractivity contribution in [3.63, 3.8) is 0 Å². The summed E-state index contributed by atoms with van der Waals surface area (Å²) in [5, 5.41) is 12.0. The molecule has 122 valence electrons. The average Bonchev–Trinajstić information content (AvgIpc) is 2.76. The van der Waals surface area contributed by atoms with Gasteiger partial charge in [0.2, 0.25) is 0 Å². The second kappa shape index (κ2) is 7.73. The van der Waals surface area contributed by atoms with Crippen LogP contribution in [-0.2, 0) is 7.05 Å². The van der Waals surface area contributed by atoms with E-state index in [9.17, 15) is 0 Å². The number of rotatable bonds is 5. The van der Waals surface area contributed by atoms with E-state index in [4.69, 9.17) is 17.0 Å². The largest absolute Gasteiger partial charge is 0.494 e. The topological polar surface area (TPSA) is 63.5 Å². The summed E-state index contributed by atoms with van der Waals surface area (Å²) < 4.78 is 7.22.